The lowest BCUT2D eigenvalue weighted by Gasteiger charge is -2.34. The molecule has 0 saturated carbocycles. The number of non-ortho nitro benzene ring substituents is 1. The molecule has 1 aromatic heterocycles. The van der Waals surface area contributed by atoms with E-state index in [-0.39, 0.29) is 11.6 Å². The van der Waals surface area contributed by atoms with Gasteiger partial charge in [0.1, 0.15) is 0 Å². The van der Waals surface area contributed by atoms with Gasteiger partial charge in [-0.15, -0.1) is 0 Å². The Morgan fingerprint density at radius 3 is 2.37 bits per heavy atom. The molecule has 0 bridgehead atoms. The first-order valence-electron chi connectivity index (χ1n) is 9.38. The second-order valence-corrected chi connectivity index (χ2v) is 6.67. The topological polar surface area (TPSA) is 84.5 Å². The molecule has 0 aliphatic carbocycles. The molecule has 8 heteroatoms. The van der Waals surface area contributed by atoms with Crippen LogP contribution in [0.1, 0.15) is 36.3 Å². The van der Waals surface area contributed by atoms with E-state index in [9.17, 15) is 14.9 Å². The Morgan fingerprint density at radius 2 is 1.81 bits per heavy atom. The van der Waals surface area contributed by atoms with Gasteiger partial charge in [-0.25, -0.2) is 4.68 Å². The maximum Gasteiger partial charge on any atom is 0.269 e. The normalized spacial score (nSPS) is 15.1. The molecule has 2 heterocycles. The zero-order chi connectivity index (χ0) is 19.4. The summed E-state index contributed by atoms with van der Waals surface area (Å²) in [5.74, 6) is 0.0161. The minimum Gasteiger partial charge on any atom is -0.336 e. The Hall–Kier alpha value is -2.74. The predicted molar refractivity (Wildman–Crippen MR) is 102 cm³/mol. The van der Waals surface area contributed by atoms with Crippen LogP contribution in [0.3, 0.4) is 0 Å². The fourth-order valence-corrected chi connectivity index (χ4v) is 3.41. The number of likely N-dealkylation sites (N-methyl/N-ethyl adjacent to an activating group) is 1. The van der Waals surface area contributed by atoms with E-state index in [4.69, 9.17) is 0 Å². The van der Waals surface area contributed by atoms with Crippen molar-refractivity contribution in [3.05, 3.63) is 51.8 Å². The SMILES string of the molecule is CCCc1c(C(=O)N2CCN(CC)CC2)cnn1-c1ccc([N+](=O)[O-])cc1. The molecule has 0 N–H and O–H groups in total. The number of hydrogen-bond acceptors (Lipinski definition) is 5. The number of nitrogens with zero attached hydrogens (tertiary/aromatic N) is 5. The van der Waals surface area contributed by atoms with Gasteiger partial charge in [-0.05, 0) is 25.1 Å². The Labute approximate surface area is 158 Å². The van der Waals surface area contributed by atoms with Crippen molar-refractivity contribution in [2.45, 2.75) is 26.7 Å². The van der Waals surface area contributed by atoms with Crippen molar-refractivity contribution >= 4 is 11.6 Å². The number of aromatic nitrogens is 2. The molecule has 3 rings (SSSR count). The third-order valence-corrected chi connectivity index (χ3v) is 5.00. The summed E-state index contributed by atoms with van der Waals surface area (Å²) in [6, 6.07) is 6.24. The molecule has 0 radical (unpaired) electrons. The second-order valence-electron chi connectivity index (χ2n) is 6.67. The maximum atomic E-state index is 13.0. The van der Waals surface area contributed by atoms with Gasteiger partial charge in [0.2, 0.25) is 0 Å². The molecule has 1 aliphatic heterocycles. The molecule has 1 fully saturated rings. The molecule has 2 aromatic rings. The van der Waals surface area contributed by atoms with Gasteiger partial charge in [-0.1, -0.05) is 20.3 Å². The monoisotopic (exact) mass is 371 g/mol. The first-order chi connectivity index (χ1) is 13.0. The summed E-state index contributed by atoms with van der Waals surface area (Å²) in [4.78, 5) is 27.7. The highest BCUT2D eigenvalue weighted by Crippen LogP contribution is 2.21. The molecule has 0 atom stereocenters. The van der Waals surface area contributed by atoms with Crippen LogP contribution in [0.25, 0.3) is 5.69 Å². The molecule has 1 amide bonds. The van der Waals surface area contributed by atoms with E-state index in [1.165, 1.54) is 12.1 Å². The van der Waals surface area contributed by atoms with Gasteiger partial charge in [0.25, 0.3) is 11.6 Å². The predicted octanol–water partition coefficient (Wildman–Crippen LogP) is 2.51. The second kappa shape index (κ2) is 8.30. The van der Waals surface area contributed by atoms with E-state index in [1.54, 1.807) is 23.0 Å². The Bertz CT molecular complexity index is 807. The molecule has 1 aliphatic rings. The number of amides is 1. The standard InChI is InChI=1S/C19H25N5O3/c1-3-5-18-17(19(25)22-12-10-21(4-2)11-13-22)14-20-23(18)15-6-8-16(9-7-15)24(26)27/h6-9,14H,3-5,10-13H2,1-2H3. The lowest BCUT2D eigenvalue weighted by molar-refractivity contribution is -0.384. The van der Waals surface area contributed by atoms with Crippen LogP contribution in [-0.4, -0.2) is 63.1 Å². The van der Waals surface area contributed by atoms with Crippen LogP contribution in [0, 0.1) is 10.1 Å². The number of nitro benzene ring substituents is 1. The molecular formula is C19H25N5O3. The first-order valence-corrected chi connectivity index (χ1v) is 9.38. The average Bonchev–Trinajstić information content (AvgIpc) is 3.11. The quantitative estimate of drug-likeness (QED) is 0.575. The summed E-state index contributed by atoms with van der Waals surface area (Å²) in [6.07, 6.45) is 3.22. The molecule has 1 saturated heterocycles. The van der Waals surface area contributed by atoms with E-state index in [0.717, 1.165) is 50.5 Å². The number of carbonyl (C=O) groups excluding carboxylic acids is 1. The van der Waals surface area contributed by atoms with E-state index in [0.29, 0.717) is 12.0 Å². The summed E-state index contributed by atoms with van der Waals surface area (Å²) >= 11 is 0. The van der Waals surface area contributed by atoms with Crippen LogP contribution in [0.4, 0.5) is 5.69 Å². The van der Waals surface area contributed by atoms with Crippen LogP contribution >= 0.6 is 0 Å². The van der Waals surface area contributed by atoms with Gasteiger partial charge >= 0.3 is 0 Å². The van der Waals surface area contributed by atoms with Crippen molar-refractivity contribution in [1.29, 1.82) is 0 Å². The number of benzene rings is 1. The molecule has 0 unspecified atom stereocenters. The first kappa shape index (κ1) is 19.0. The van der Waals surface area contributed by atoms with Crippen LogP contribution in [0.5, 0.6) is 0 Å². The highest BCUT2D eigenvalue weighted by molar-refractivity contribution is 5.95. The lowest BCUT2D eigenvalue weighted by Crippen LogP contribution is -2.48. The maximum absolute atomic E-state index is 13.0. The minimum atomic E-state index is -0.426. The third kappa shape index (κ3) is 4.00. The zero-order valence-corrected chi connectivity index (χ0v) is 15.8. The number of carbonyl (C=O) groups is 1. The summed E-state index contributed by atoms with van der Waals surface area (Å²) in [5.41, 5.74) is 2.24. The van der Waals surface area contributed by atoms with E-state index < -0.39 is 4.92 Å². The van der Waals surface area contributed by atoms with E-state index in [2.05, 4.69) is 23.8 Å². The summed E-state index contributed by atoms with van der Waals surface area (Å²) in [6.45, 7) is 8.42. The van der Waals surface area contributed by atoms with Crippen molar-refractivity contribution in [1.82, 2.24) is 19.6 Å². The number of piperazine rings is 1. The van der Waals surface area contributed by atoms with Gasteiger partial charge in [-0.2, -0.15) is 5.10 Å². The van der Waals surface area contributed by atoms with E-state index in [1.807, 2.05) is 4.90 Å². The molecule has 0 spiro atoms. The van der Waals surface area contributed by atoms with Gasteiger partial charge in [0.05, 0.1) is 28.1 Å². The Kier molecular flexibility index (Phi) is 5.85. The van der Waals surface area contributed by atoms with Crippen LogP contribution < -0.4 is 0 Å². The highest BCUT2D eigenvalue weighted by atomic mass is 16.6. The van der Waals surface area contributed by atoms with Gasteiger partial charge in [0.15, 0.2) is 0 Å². The lowest BCUT2D eigenvalue weighted by atomic mass is 10.1. The summed E-state index contributed by atoms with van der Waals surface area (Å²) in [5, 5.41) is 15.3. The van der Waals surface area contributed by atoms with Gasteiger partial charge in [-0.3, -0.25) is 14.9 Å². The zero-order valence-electron chi connectivity index (χ0n) is 15.8. The number of nitro groups is 1. The van der Waals surface area contributed by atoms with Crippen LogP contribution in [-0.2, 0) is 6.42 Å². The molecule has 1 aromatic carbocycles. The Balaban J connectivity index is 1.86. The van der Waals surface area contributed by atoms with Crippen LogP contribution in [0.2, 0.25) is 0 Å². The van der Waals surface area contributed by atoms with Crippen molar-refractivity contribution in [2.75, 3.05) is 32.7 Å². The smallest absolute Gasteiger partial charge is 0.269 e. The van der Waals surface area contributed by atoms with E-state index >= 15 is 0 Å². The largest absolute Gasteiger partial charge is 0.336 e. The van der Waals surface area contributed by atoms with Crippen molar-refractivity contribution in [3.8, 4) is 5.69 Å². The third-order valence-electron chi connectivity index (χ3n) is 5.00. The van der Waals surface area contributed by atoms with Gasteiger partial charge in [0, 0.05) is 38.3 Å². The van der Waals surface area contributed by atoms with Crippen molar-refractivity contribution < 1.29 is 9.72 Å². The summed E-state index contributed by atoms with van der Waals surface area (Å²) < 4.78 is 1.72. The fourth-order valence-electron chi connectivity index (χ4n) is 3.41. The molecule has 144 valence electrons. The van der Waals surface area contributed by atoms with Crippen molar-refractivity contribution in [2.24, 2.45) is 0 Å². The molecule has 8 nitrogen and oxygen atoms in total. The highest BCUT2D eigenvalue weighted by Gasteiger charge is 2.25. The fraction of sp³-hybridized carbons (Fsp3) is 0.474. The molecular weight excluding hydrogens is 346 g/mol. The summed E-state index contributed by atoms with van der Waals surface area (Å²) in [7, 11) is 0. The number of hydrogen-bond donors (Lipinski definition) is 0. The Morgan fingerprint density at radius 1 is 1.15 bits per heavy atom. The molecule has 27 heavy (non-hydrogen) atoms. The van der Waals surface area contributed by atoms with Crippen molar-refractivity contribution in [3.63, 3.8) is 0 Å². The average molecular weight is 371 g/mol. The van der Waals surface area contributed by atoms with Crippen LogP contribution in [0.15, 0.2) is 30.5 Å². The number of rotatable bonds is 6. The minimum absolute atomic E-state index is 0.0161. The van der Waals surface area contributed by atoms with Gasteiger partial charge < -0.3 is 9.80 Å².